The third-order valence-electron chi connectivity index (χ3n) is 15.1. The molecule has 27 heteroatoms. The van der Waals surface area contributed by atoms with Gasteiger partial charge in [-0.15, -0.1) is 0 Å². The Morgan fingerprint density at radius 3 is 1.72 bits per heavy atom. The molecule has 0 aromatic carbocycles. The molecule has 0 bridgehead atoms. The number of aliphatic hydroxyl groups is 4. The summed E-state index contributed by atoms with van der Waals surface area (Å²) in [6.07, 6.45) is -12.9. The van der Waals surface area contributed by atoms with Crippen molar-refractivity contribution in [2.75, 3.05) is 33.3 Å². The van der Waals surface area contributed by atoms with Crippen LogP contribution in [0.5, 0.6) is 0 Å². The van der Waals surface area contributed by atoms with Crippen LogP contribution in [0.15, 0.2) is 11.8 Å². The van der Waals surface area contributed by atoms with Crippen molar-refractivity contribution in [3.8, 4) is 0 Å². The number of likely N-dealkylation sites (N-methyl/N-ethyl adjacent to an activating group) is 1. The first-order valence-electron chi connectivity index (χ1n) is 30.3. The van der Waals surface area contributed by atoms with E-state index >= 15 is 0 Å². The first kappa shape index (κ1) is 74.9. The predicted molar refractivity (Wildman–Crippen MR) is 322 cm³/mol. The number of amides is 5. The number of nitrogens with zero attached hydrogens (tertiary/aromatic N) is 1. The SMILES string of the molecule is CN(C(=O)OC(C)(C)C)[C@@H]1[C@@H](O)[C@@H](O[C@@H]2[C@@H](O)[C@H](O[C@H]3OC(CNC[C@H]4C[C@@H](CC(=O)OC(C)(C)C)[C@@H](O[Si](C)(C)C(C)(C)C)C4)=CC[C@H]3NC(=O)OC(C)(C)C)[C@@H](NC(=O)OC(C)(C)C)C[C@H]2NC(=O)[C@@H](O)CNC(=O)OC(C)(C)C)OC[C@]1(C)O. The highest BCUT2D eigenvalue weighted by Gasteiger charge is 2.56. The van der Waals surface area contributed by atoms with Gasteiger partial charge in [-0.1, -0.05) is 20.8 Å². The maximum absolute atomic E-state index is 14.0. The maximum Gasteiger partial charge on any atom is 0.410 e. The van der Waals surface area contributed by atoms with E-state index < -0.39 is 153 Å². The second-order valence-corrected chi connectivity index (χ2v) is 35.1. The summed E-state index contributed by atoms with van der Waals surface area (Å²) in [5.41, 5.74) is -6.39. The Morgan fingerprint density at radius 2 is 1.20 bits per heavy atom. The van der Waals surface area contributed by atoms with E-state index in [0.29, 0.717) is 25.1 Å². The zero-order chi connectivity index (χ0) is 66.4. The summed E-state index contributed by atoms with van der Waals surface area (Å²) in [6.45, 7) is 37.1. The molecular weight excluding hydrogens is 1150 g/mol. The molecule has 3 fully saturated rings. The highest BCUT2D eigenvalue weighted by Crippen LogP contribution is 2.44. The molecule has 502 valence electrons. The van der Waals surface area contributed by atoms with E-state index in [4.69, 9.17) is 47.1 Å². The molecule has 0 aromatic heterocycles. The van der Waals surface area contributed by atoms with Gasteiger partial charge in [0, 0.05) is 13.2 Å². The number of ether oxygens (including phenoxy) is 9. The van der Waals surface area contributed by atoms with Crippen LogP contribution >= 0.6 is 0 Å². The van der Waals surface area contributed by atoms with Crippen molar-refractivity contribution in [1.29, 1.82) is 0 Å². The molecule has 9 N–H and O–H groups in total. The van der Waals surface area contributed by atoms with E-state index in [1.807, 2.05) is 20.8 Å². The lowest BCUT2D eigenvalue weighted by atomic mass is 9.82. The number of hydrogen-bond acceptors (Lipinski definition) is 21. The number of rotatable bonds is 19. The number of esters is 1. The molecule has 15 atom stereocenters. The largest absolute Gasteiger partial charge is 0.466 e. The van der Waals surface area contributed by atoms with Crippen LogP contribution in [0.4, 0.5) is 19.2 Å². The molecule has 2 heterocycles. The van der Waals surface area contributed by atoms with Crippen molar-refractivity contribution in [3.63, 3.8) is 0 Å². The first-order valence-corrected chi connectivity index (χ1v) is 33.2. The summed E-state index contributed by atoms with van der Waals surface area (Å²) in [5, 5.41) is 61.7. The molecule has 4 rings (SSSR count). The third-order valence-corrected chi connectivity index (χ3v) is 19.6. The zero-order valence-electron chi connectivity index (χ0n) is 55.8. The van der Waals surface area contributed by atoms with Gasteiger partial charge in [0.15, 0.2) is 14.6 Å². The lowest BCUT2D eigenvalue weighted by Gasteiger charge is -2.50. The Labute approximate surface area is 516 Å². The number of carbonyl (C=O) groups is 6. The number of alkyl carbamates (subject to hydrolysis) is 3. The van der Waals surface area contributed by atoms with E-state index in [-0.39, 0.29) is 54.8 Å². The molecule has 26 nitrogen and oxygen atoms in total. The number of aliphatic hydroxyl groups excluding tert-OH is 3. The first-order chi connectivity index (χ1) is 39.4. The summed E-state index contributed by atoms with van der Waals surface area (Å²) in [7, 11) is -0.944. The molecule has 5 amide bonds. The molecular formula is C60H108N6O20Si. The molecule has 0 radical (unpaired) electrons. The molecule has 0 unspecified atom stereocenters. The standard InChI is InChI=1S/C60H108N6O20Si/c1-54(2,3)81-41(68)27-34-25-33(26-40(34)86-87(21,22)59(16,17)18)29-61-30-35-23-24-36(64-51(73)83-56(7,8)9)48(78-35)79-45-38(65-52(74)84-57(10,11)12)28-37(63-47(71)39(67)31-62-50(72)82-55(4,5)6)44(42(45)69)80-49-43(70)46(60(19,76)32-77-49)66(20)53(75)85-58(13,14)15/h23,33-34,36-40,42-46,48-49,61,67,69-70,76H,24-32H2,1-22H3,(H,62,72)(H,63,71)(H,64,73)(H,65,74)/t33-,34-,36+,37+,38-,39-,40-,42+,43+,44-,45+,46+,48+,49+,60-/m0/s1. The molecule has 2 aliphatic heterocycles. The molecule has 87 heavy (non-hydrogen) atoms. The fourth-order valence-corrected chi connectivity index (χ4v) is 11.8. The van der Waals surface area contributed by atoms with Crippen LogP contribution in [0.1, 0.15) is 164 Å². The topological polar surface area (TPSA) is 339 Å². The van der Waals surface area contributed by atoms with E-state index in [0.717, 1.165) is 4.90 Å². The summed E-state index contributed by atoms with van der Waals surface area (Å²) in [5.74, 6) is -0.954. The van der Waals surface area contributed by atoms with Crippen LogP contribution in [-0.4, -0.2) is 210 Å². The van der Waals surface area contributed by atoms with Crippen molar-refractivity contribution in [2.24, 2.45) is 11.8 Å². The van der Waals surface area contributed by atoms with Gasteiger partial charge in [0.1, 0.15) is 69.9 Å². The predicted octanol–water partition coefficient (Wildman–Crippen LogP) is 5.75. The van der Waals surface area contributed by atoms with Gasteiger partial charge in [0.25, 0.3) is 5.91 Å². The van der Waals surface area contributed by atoms with Gasteiger partial charge in [-0.3, -0.25) is 9.59 Å². The van der Waals surface area contributed by atoms with Crippen molar-refractivity contribution in [3.05, 3.63) is 11.8 Å². The second-order valence-electron chi connectivity index (χ2n) is 30.3. The average Bonchev–Trinajstić information content (AvgIpc) is 1.20. The minimum atomic E-state index is -2.25. The highest BCUT2D eigenvalue weighted by molar-refractivity contribution is 6.74. The summed E-state index contributed by atoms with van der Waals surface area (Å²) in [6, 6.07) is -5.17. The van der Waals surface area contributed by atoms with Crippen LogP contribution in [0, 0.1) is 11.8 Å². The normalized spacial score (nSPS) is 29.7. The Kier molecular flexibility index (Phi) is 25.1. The van der Waals surface area contributed by atoms with Gasteiger partial charge >= 0.3 is 30.3 Å². The monoisotopic (exact) mass is 1260 g/mol. The number of carbonyl (C=O) groups excluding carboxylic acids is 6. The fraction of sp³-hybridized carbons (Fsp3) is 0.867. The van der Waals surface area contributed by atoms with E-state index in [9.17, 15) is 49.2 Å². The van der Waals surface area contributed by atoms with Crippen LogP contribution in [0.2, 0.25) is 18.1 Å². The molecule has 1 saturated heterocycles. The Balaban J connectivity index is 1.74. The molecule has 0 aromatic rings. The molecule has 2 saturated carbocycles. The molecule has 0 spiro atoms. The van der Waals surface area contributed by atoms with Crippen molar-refractivity contribution >= 4 is 44.6 Å². The molecule has 2 aliphatic carbocycles. The average molecular weight is 1260 g/mol. The fourth-order valence-electron chi connectivity index (χ4n) is 10.4. The zero-order valence-corrected chi connectivity index (χ0v) is 56.8. The van der Waals surface area contributed by atoms with Gasteiger partial charge in [-0.25, -0.2) is 19.2 Å². The van der Waals surface area contributed by atoms with E-state index in [1.165, 1.54) is 14.0 Å². The summed E-state index contributed by atoms with van der Waals surface area (Å²) < 4.78 is 60.6. The highest BCUT2D eigenvalue weighted by atomic mass is 28.4. The van der Waals surface area contributed by atoms with E-state index in [2.05, 4.69) is 60.4 Å². The second kappa shape index (κ2) is 29.1. The minimum absolute atomic E-state index is 0.0711. The minimum Gasteiger partial charge on any atom is -0.466 e. The molecule has 4 aliphatic rings. The van der Waals surface area contributed by atoms with Crippen LogP contribution < -0.4 is 26.6 Å². The van der Waals surface area contributed by atoms with Gasteiger partial charge in [-0.05, 0) is 179 Å². The van der Waals surface area contributed by atoms with Gasteiger partial charge in [-0.2, -0.15) is 0 Å². The van der Waals surface area contributed by atoms with E-state index in [1.54, 1.807) is 89.2 Å². The summed E-state index contributed by atoms with van der Waals surface area (Å²) in [4.78, 5) is 81.7. The maximum atomic E-state index is 14.0. The number of hydrogen-bond donors (Lipinski definition) is 9. The van der Waals surface area contributed by atoms with Crippen LogP contribution in [0.3, 0.4) is 0 Å². The third kappa shape index (κ3) is 24.0. The van der Waals surface area contributed by atoms with Crippen molar-refractivity contribution < 1.29 is 96.3 Å². The lowest BCUT2D eigenvalue weighted by Crippen LogP contribution is -2.71. The Morgan fingerprint density at radius 1 is 0.690 bits per heavy atom. The van der Waals surface area contributed by atoms with Crippen LogP contribution in [-0.2, 0) is 56.6 Å². The van der Waals surface area contributed by atoms with Crippen LogP contribution in [0.25, 0.3) is 0 Å². The van der Waals surface area contributed by atoms with Crippen molar-refractivity contribution in [1.82, 2.24) is 31.5 Å². The van der Waals surface area contributed by atoms with Gasteiger partial charge in [0.05, 0.1) is 50.3 Å². The lowest BCUT2D eigenvalue weighted by molar-refractivity contribution is -0.311. The number of nitrogens with one attached hydrogen (secondary N) is 5. The van der Waals surface area contributed by atoms with Crippen molar-refractivity contribution in [2.45, 2.75) is 289 Å². The quantitative estimate of drug-likeness (QED) is 0.0422. The van der Waals surface area contributed by atoms with Gasteiger partial charge < -0.3 is 99.0 Å². The summed E-state index contributed by atoms with van der Waals surface area (Å²) >= 11 is 0. The smallest absolute Gasteiger partial charge is 0.410 e. The Bertz CT molecular complexity index is 2370. The Hall–Kier alpha value is -4.58. The van der Waals surface area contributed by atoms with Gasteiger partial charge in [0.2, 0.25) is 6.29 Å².